The van der Waals surface area contributed by atoms with Gasteiger partial charge in [0.15, 0.2) is 0 Å². The second-order valence-corrected chi connectivity index (χ2v) is 10.5. The van der Waals surface area contributed by atoms with Gasteiger partial charge in [-0.25, -0.2) is 4.79 Å². The predicted molar refractivity (Wildman–Crippen MR) is 134 cm³/mol. The van der Waals surface area contributed by atoms with Gasteiger partial charge in [0.05, 0.1) is 18.1 Å². The van der Waals surface area contributed by atoms with Crippen LogP contribution in [0.2, 0.25) is 0 Å². The Hall–Kier alpha value is -2.70. The molecule has 1 amide bonds. The molecule has 1 aromatic rings. The van der Waals surface area contributed by atoms with Crippen LogP contribution in [0.3, 0.4) is 0 Å². The number of nitrogens with one attached hydrogen (secondary N) is 1. The summed E-state index contributed by atoms with van der Waals surface area (Å²) in [5.74, 6) is -2.13. The normalized spacial score (nSPS) is 38.2. The number of hydrogen-bond acceptors (Lipinski definition) is 5. The monoisotopic (exact) mass is 479 g/mol. The Labute approximate surface area is 207 Å². The highest BCUT2D eigenvalue weighted by molar-refractivity contribution is 5.94. The molecular formula is C29H37NO5. The minimum atomic E-state index is -1.57. The molecule has 1 saturated carbocycles. The SMILES string of the molecule is C=C1[C@@H](C)[C@H]2[C@H](Cc3ccccc3)NC(=O)[C@]23OC(=O)C=C[C@H](O)CCC[C@@H](C)CC=C[C@@H]3[C@@H]1O. The molecule has 1 aromatic carbocycles. The number of carbonyl (C=O) groups is 2. The van der Waals surface area contributed by atoms with Crippen molar-refractivity contribution in [3.05, 3.63) is 72.4 Å². The lowest BCUT2D eigenvalue weighted by Gasteiger charge is -2.49. The second kappa shape index (κ2) is 10.5. The Morgan fingerprint density at radius 1 is 1.11 bits per heavy atom. The maximum absolute atomic E-state index is 13.7. The topological polar surface area (TPSA) is 95.9 Å². The molecule has 2 aliphatic heterocycles. The lowest BCUT2D eigenvalue weighted by Crippen LogP contribution is -2.61. The predicted octanol–water partition coefficient (Wildman–Crippen LogP) is 3.49. The van der Waals surface area contributed by atoms with Crippen LogP contribution in [-0.4, -0.2) is 45.9 Å². The van der Waals surface area contributed by atoms with Crippen LogP contribution in [0.5, 0.6) is 0 Å². The number of esters is 1. The van der Waals surface area contributed by atoms with Crippen molar-refractivity contribution >= 4 is 11.9 Å². The first-order valence-electron chi connectivity index (χ1n) is 12.7. The van der Waals surface area contributed by atoms with E-state index in [1.807, 2.05) is 49.4 Å². The van der Waals surface area contributed by atoms with Gasteiger partial charge in [0.25, 0.3) is 5.91 Å². The average Bonchev–Trinajstić information content (AvgIpc) is 3.09. The van der Waals surface area contributed by atoms with Gasteiger partial charge < -0.3 is 20.3 Å². The van der Waals surface area contributed by atoms with Gasteiger partial charge in [0.2, 0.25) is 5.60 Å². The van der Waals surface area contributed by atoms with Gasteiger partial charge in [-0.15, -0.1) is 0 Å². The molecule has 0 bridgehead atoms. The summed E-state index contributed by atoms with van der Waals surface area (Å²) in [5, 5.41) is 24.7. The van der Waals surface area contributed by atoms with Crippen molar-refractivity contribution in [2.24, 2.45) is 23.7 Å². The van der Waals surface area contributed by atoms with Gasteiger partial charge in [-0.1, -0.05) is 75.8 Å². The fourth-order valence-electron chi connectivity index (χ4n) is 6.09. The molecule has 2 heterocycles. The van der Waals surface area contributed by atoms with Crippen LogP contribution < -0.4 is 5.32 Å². The number of carbonyl (C=O) groups excluding carboxylic acids is 2. The van der Waals surface area contributed by atoms with Crippen molar-refractivity contribution in [3.8, 4) is 0 Å². The van der Waals surface area contributed by atoms with Gasteiger partial charge >= 0.3 is 5.97 Å². The first kappa shape index (κ1) is 25.4. The van der Waals surface area contributed by atoms with Gasteiger partial charge in [-0.05, 0) is 48.3 Å². The average molecular weight is 480 g/mol. The minimum absolute atomic E-state index is 0.262. The fraction of sp³-hybridized carbons (Fsp3) is 0.517. The first-order valence-corrected chi connectivity index (χ1v) is 12.7. The Bertz CT molecular complexity index is 1000. The molecule has 1 spiro atoms. The largest absolute Gasteiger partial charge is 0.445 e. The van der Waals surface area contributed by atoms with Gasteiger partial charge in [0.1, 0.15) is 0 Å². The van der Waals surface area contributed by atoms with Crippen LogP contribution in [0.4, 0.5) is 0 Å². The maximum Gasteiger partial charge on any atom is 0.331 e. The van der Waals surface area contributed by atoms with Crippen LogP contribution in [0.25, 0.3) is 0 Å². The molecule has 0 unspecified atom stereocenters. The van der Waals surface area contributed by atoms with Gasteiger partial charge in [-0.2, -0.15) is 0 Å². The smallest absolute Gasteiger partial charge is 0.331 e. The highest BCUT2D eigenvalue weighted by atomic mass is 16.6. The number of hydrogen-bond donors (Lipinski definition) is 3. The van der Waals surface area contributed by atoms with Crippen molar-refractivity contribution in [1.29, 1.82) is 0 Å². The third-order valence-corrected chi connectivity index (χ3v) is 8.04. The zero-order valence-corrected chi connectivity index (χ0v) is 20.6. The van der Waals surface area contributed by atoms with E-state index in [0.29, 0.717) is 24.3 Å². The first-order chi connectivity index (χ1) is 16.7. The van der Waals surface area contributed by atoms with E-state index in [4.69, 9.17) is 4.74 Å². The summed E-state index contributed by atoms with van der Waals surface area (Å²) in [7, 11) is 0. The fourth-order valence-corrected chi connectivity index (χ4v) is 6.09. The van der Waals surface area contributed by atoms with Crippen LogP contribution in [0.1, 0.15) is 45.1 Å². The van der Waals surface area contributed by atoms with Crippen LogP contribution >= 0.6 is 0 Å². The minimum Gasteiger partial charge on any atom is -0.445 e. The number of ether oxygens (including phenoxy) is 1. The van der Waals surface area contributed by atoms with E-state index in [2.05, 4.69) is 18.8 Å². The summed E-state index contributed by atoms with van der Waals surface area (Å²) in [6.07, 6.45) is 8.39. The zero-order valence-electron chi connectivity index (χ0n) is 20.6. The summed E-state index contributed by atoms with van der Waals surface area (Å²) in [4.78, 5) is 26.8. The Morgan fingerprint density at radius 2 is 1.86 bits per heavy atom. The van der Waals surface area contributed by atoms with E-state index in [0.717, 1.165) is 24.8 Å². The van der Waals surface area contributed by atoms with Crippen molar-refractivity contribution in [1.82, 2.24) is 5.32 Å². The molecule has 6 nitrogen and oxygen atoms in total. The Kier molecular flexibility index (Phi) is 7.62. The third kappa shape index (κ3) is 5.00. The number of benzene rings is 1. The molecular weight excluding hydrogens is 442 g/mol. The van der Waals surface area contributed by atoms with E-state index >= 15 is 0 Å². The number of aliphatic hydroxyl groups excluding tert-OH is 2. The molecule has 0 aromatic heterocycles. The Morgan fingerprint density at radius 3 is 2.60 bits per heavy atom. The summed E-state index contributed by atoms with van der Waals surface area (Å²) in [5.41, 5.74) is 0.136. The molecule has 1 saturated heterocycles. The highest BCUT2D eigenvalue weighted by Crippen LogP contribution is 2.52. The van der Waals surface area contributed by atoms with Crippen molar-refractivity contribution < 1.29 is 24.5 Å². The molecule has 2 fully saturated rings. The van der Waals surface area contributed by atoms with E-state index in [-0.39, 0.29) is 17.9 Å². The zero-order chi connectivity index (χ0) is 25.2. The highest BCUT2D eigenvalue weighted by Gasteiger charge is 2.67. The van der Waals surface area contributed by atoms with Crippen LogP contribution in [-0.2, 0) is 20.7 Å². The molecule has 6 heteroatoms. The van der Waals surface area contributed by atoms with Gasteiger partial charge in [0, 0.05) is 18.0 Å². The standard InChI is InChI=1S/C29H37NO5/c1-18-9-7-13-22(31)15-16-25(32)35-29-23(14-8-10-18)27(33)20(3)19(2)26(29)24(30-28(29)34)17-21-11-5-4-6-12-21/h4-6,8,11-12,14-16,18-19,22-24,26-27,31,33H,3,7,9-10,13,17H2,1-2H3,(H,30,34)/t18-,19-,22-,23-,24+,26+,27-,29-/m1/s1. The quantitative estimate of drug-likeness (QED) is 0.446. The van der Waals surface area contributed by atoms with E-state index in [9.17, 15) is 19.8 Å². The number of rotatable bonds is 2. The van der Waals surface area contributed by atoms with E-state index in [1.54, 1.807) is 0 Å². The lowest BCUT2D eigenvalue weighted by molar-refractivity contribution is -0.182. The summed E-state index contributed by atoms with van der Waals surface area (Å²) >= 11 is 0. The van der Waals surface area contributed by atoms with Gasteiger partial charge in [-0.3, -0.25) is 4.79 Å². The molecule has 4 rings (SSSR count). The van der Waals surface area contributed by atoms with Crippen molar-refractivity contribution in [2.45, 2.75) is 69.8 Å². The molecule has 3 aliphatic rings. The lowest BCUT2D eigenvalue weighted by atomic mass is 9.59. The van der Waals surface area contributed by atoms with E-state index in [1.165, 1.54) is 12.2 Å². The molecule has 188 valence electrons. The summed E-state index contributed by atoms with van der Waals surface area (Å²) < 4.78 is 6.05. The maximum atomic E-state index is 13.7. The van der Waals surface area contributed by atoms with Crippen molar-refractivity contribution in [3.63, 3.8) is 0 Å². The molecule has 1 aliphatic carbocycles. The molecule has 35 heavy (non-hydrogen) atoms. The van der Waals surface area contributed by atoms with Crippen LogP contribution in [0, 0.1) is 23.7 Å². The number of amides is 1. The third-order valence-electron chi connectivity index (χ3n) is 8.04. The Balaban J connectivity index is 1.78. The number of aliphatic hydroxyl groups is 2. The molecule has 3 N–H and O–H groups in total. The second-order valence-electron chi connectivity index (χ2n) is 10.5. The molecule has 8 atom stereocenters. The van der Waals surface area contributed by atoms with E-state index < -0.39 is 35.6 Å². The summed E-state index contributed by atoms with van der Waals surface area (Å²) in [6, 6.07) is 9.59. The number of allylic oxidation sites excluding steroid dienone is 1. The summed E-state index contributed by atoms with van der Waals surface area (Å²) in [6.45, 7) is 8.27. The van der Waals surface area contributed by atoms with Crippen LogP contribution in [0.15, 0.2) is 66.8 Å². The van der Waals surface area contributed by atoms with Crippen molar-refractivity contribution in [2.75, 3.05) is 0 Å². The molecule has 0 radical (unpaired) electrons.